The summed E-state index contributed by atoms with van der Waals surface area (Å²) in [6, 6.07) is 8.62. The number of carboxylic acid groups (broad SMARTS) is 1. The molecule has 0 unspecified atom stereocenters. The van der Waals surface area contributed by atoms with Crippen molar-refractivity contribution < 1.29 is 19.5 Å². The Balaban J connectivity index is 2.21. The fraction of sp³-hybridized carbons (Fsp3) is 0.560. The molecule has 1 aromatic heterocycles. The van der Waals surface area contributed by atoms with Crippen molar-refractivity contribution >= 4 is 28.7 Å². The van der Waals surface area contributed by atoms with E-state index in [0.717, 1.165) is 49.4 Å². The van der Waals surface area contributed by atoms with Gasteiger partial charge in [-0.3, -0.25) is 14.4 Å². The summed E-state index contributed by atoms with van der Waals surface area (Å²) in [5, 5.41) is 13.0. The lowest BCUT2D eigenvalue weighted by atomic mass is 10.1. The van der Waals surface area contributed by atoms with Crippen molar-refractivity contribution in [3.05, 3.63) is 36.0 Å². The van der Waals surface area contributed by atoms with E-state index in [9.17, 15) is 19.5 Å². The number of hydrogen-bond donors (Lipinski definition) is 2. The molecule has 0 saturated carbocycles. The Morgan fingerprint density at radius 2 is 1.66 bits per heavy atom. The highest BCUT2D eigenvalue weighted by Gasteiger charge is 2.27. The predicted molar refractivity (Wildman–Crippen MR) is 127 cm³/mol. The number of carboxylic acids is 1. The van der Waals surface area contributed by atoms with E-state index >= 15 is 0 Å². The Hall–Kier alpha value is -2.83. The molecule has 2 N–H and O–H groups in total. The number of carbonyl (C=O) groups excluding carboxylic acids is 2. The molecule has 0 fully saturated rings. The van der Waals surface area contributed by atoms with E-state index in [0.29, 0.717) is 18.8 Å². The van der Waals surface area contributed by atoms with Crippen LogP contribution < -0.4 is 5.32 Å². The molecule has 2 rings (SSSR count). The molecule has 0 aliphatic carbocycles. The molecule has 1 aromatic carbocycles. The molecule has 0 aliphatic heterocycles. The molecule has 1 heterocycles. The average Bonchev–Trinajstić information content (AvgIpc) is 3.12. The number of aryl methyl sites for hydroxylation is 1. The molecular formula is C25H37N3O4. The van der Waals surface area contributed by atoms with Gasteiger partial charge in [0.25, 0.3) is 5.91 Å². The number of aliphatic carboxylic acids is 1. The van der Waals surface area contributed by atoms with Gasteiger partial charge in [0.05, 0.1) is 0 Å². The van der Waals surface area contributed by atoms with Crippen molar-refractivity contribution in [1.29, 1.82) is 0 Å². The van der Waals surface area contributed by atoms with Gasteiger partial charge in [0, 0.05) is 37.5 Å². The van der Waals surface area contributed by atoms with Crippen LogP contribution in [-0.2, 0) is 16.6 Å². The molecule has 2 amide bonds. The smallest absolute Gasteiger partial charge is 0.303 e. The number of unbranched alkanes of at least 4 members (excludes halogenated alkanes) is 4. The number of benzene rings is 1. The second-order valence-electron chi connectivity index (χ2n) is 8.35. The first-order valence-electron chi connectivity index (χ1n) is 11.7. The number of nitrogens with zero attached hydrogens (tertiary/aromatic N) is 2. The Morgan fingerprint density at radius 1 is 1.03 bits per heavy atom. The van der Waals surface area contributed by atoms with Crippen molar-refractivity contribution in [2.45, 2.75) is 71.3 Å². The Labute approximate surface area is 190 Å². The highest BCUT2D eigenvalue weighted by molar-refractivity contribution is 6.00. The molecule has 32 heavy (non-hydrogen) atoms. The van der Waals surface area contributed by atoms with Crippen LogP contribution in [0.1, 0.15) is 75.7 Å². The number of rotatable bonds is 14. The number of fused-ring (bicyclic) bond motifs is 1. The molecule has 0 radical (unpaired) electrons. The monoisotopic (exact) mass is 443 g/mol. The van der Waals surface area contributed by atoms with E-state index in [1.165, 1.54) is 0 Å². The van der Waals surface area contributed by atoms with Crippen LogP contribution in [0.15, 0.2) is 30.3 Å². The van der Waals surface area contributed by atoms with Crippen molar-refractivity contribution in [2.24, 2.45) is 7.05 Å². The SMILES string of the molecule is CCCCCN(CCCCC)C(=O)[C@H](CCC(=O)O)NC(=O)c1cc2ccccc2n1C. The topological polar surface area (TPSA) is 91.6 Å². The van der Waals surface area contributed by atoms with Crippen molar-refractivity contribution in [3.8, 4) is 0 Å². The first-order valence-corrected chi connectivity index (χ1v) is 11.7. The molecule has 0 spiro atoms. The Kier molecular flexibility index (Phi) is 10.2. The summed E-state index contributed by atoms with van der Waals surface area (Å²) >= 11 is 0. The highest BCUT2D eigenvalue weighted by atomic mass is 16.4. The number of carbonyl (C=O) groups is 3. The highest BCUT2D eigenvalue weighted by Crippen LogP contribution is 2.19. The van der Waals surface area contributed by atoms with E-state index < -0.39 is 12.0 Å². The van der Waals surface area contributed by atoms with Gasteiger partial charge in [-0.15, -0.1) is 0 Å². The molecule has 0 aliphatic rings. The molecule has 176 valence electrons. The quantitative estimate of drug-likeness (QED) is 0.425. The summed E-state index contributed by atoms with van der Waals surface area (Å²) in [5.41, 5.74) is 1.37. The summed E-state index contributed by atoms with van der Waals surface area (Å²) in [5.74, 6) is -1.54. The Morgan fingerprint density at radius 3 is 2.22 bits per heavy atom. The van der Waals surface area contributed by atoms with Gasteiger partial charge in [0.2, 0.25) is 5.91 Å². The van der Waals surface area contributed by atoms with Crippen molar-refractivity contribution in [3.63, 3.8) is 0 Å². The minimum atomic E-state index is -0.981. The minimum absolute atomic E-state index is 0.0713. The van der Waals surface area contributed by atoms with Gasteiger partial charge in [-0.2, -0.15) is 0 Å². The second-order valence-corrected chi connectivity index (χ2v) is 8.35. The molecule has 2 aromatic rings. The zero-order chi connectivity index (χ0) is 23.5. The van der Waals surface area contributed by atoms with Crippen LogP contribution >= 0.6 is 0 Å². The van der Waals surface area contributed by atoms with Gasteiger partial charge in [-0.05, 0) is 31.4 Å². The van der Waals surface area contributed by atoms with Gasteiger partial charge < -0.3 is 19.9 Å². The van der Waals surface area contributed by atoms with Crippen LogP contribution in [-0.4, -0.2) is 51.5 Å². The average molecular weight is 444 g/mol. The largest absolute Gasteiger partial charge is 0.481 e. The van der Waals surface area contributed by atoms with Crippen LogP contribution in [0, 0.1) is 0 Å². The van der Waals surface area contributed by atoms with Crippen molar-refractivity contribution in [1.82, 2.24) is 14.8 Å². The fourth-order valence-corrected chi connectivity index (χ4v) is 3.92. The number of hydrogen-bond acceptors (Lipinski definition) is 3. The lowest BCUT2D eigenvalue weighted by molar-refractivity contribution is -0.138. The van der Waals surface area contributed by atoms with Crippen LogP contribution in [0.5, 0.6) is 0 Å². The van der Waals surface area contributed by atoms with Crippen LogP contribution in [0.4, 0.5) is 0 Å². The first-order chi connectivity index (χ1) is 15.4. The zero-order valence-corrected chi connectivity index (χ0v) is 19.6. The first kappa shape index (κ1) is 25.4. The summed E-state index contributed by atoms with van der Waals surface area (Å²) in [4.78, 5) is 39.5. The predicted octanol–water partition coefficient (Wildman–Crippen LogP) is 4.35. The van der Waals surface area contributed by atoms with Crippen molar-refractivity contribution in [2.75, 3.05) is 13.1 Å². The molecule has 7 nitrogen and oxygen atoms in total. The Bertz CT molecular complexity index is 896. The van der Waals surface area contributed by atoms with Gasteiger partial charge in [0.15, 0.2) is 0 Å². The summed E-state index contributed by atoms with van der Waals surface area (Å²) in [7, 11) is 1.81. The van der Waals surface area contributed by atoms with Gasteiger partial charge in [0.1, 0.15) is 11.7 Å². The lowest BCUT2D eigenvalue weighted by Crippen LogP contribution is -2.49. The maximum absolute atomic E-state index is 13.4. The summed E-state index contributed by atoms with van der Waals surface area (Å²) < 4.78 is 1.80. The van der Waals surface area contributed by atoms with E-state index in [2.05, 4.69) is 19.2 Å². The maximum Gasteiger partial charge on any atom is 0.303 e. The van der Waals surface area contributed by atoms with Gasteiger partial charge in [-0.1, -0.05) is 57.7 Å². The second kappa shape index (κ2) is 12.9. The summed E-state index contributed by atoms with van der Waals surface area (Å²) in [6.07, 6.45) is 5.85. The van der Waals surface area contributed by atoms with Crippen LogP contribution in [0.3, 0.4) is 0 Å². The number of para-hydroxylation sites is 1. The van der Waals surface area contributed by atoms with E-state index in [4.69, 9.17) is 0 Å². The number of amides is 2. The van der Waals surface area contributed by atoms with E-state index in [1.807, 2.05) is 31.3 Å². The molecular weight excluding hydrogens is 406 g/mol. The minimum Gasteiger partial charge on any atom is -0.481 e. The van der Waals surface area contributed by atoms with Gasteiger partial charge in [-0.25, -0.2) is 0 Å². The zero-order valence-electron chi connectivity index (χ0n) is 19.6. The third-order valence-corrected chi connectivity index (χ3v) is 5.81. The standard InChI is InChI=1S/C25H37N3O4/c1-4-6-10-16-28(17-11-7-5-2)25(32)20(14-15-23(29)30)26-24(31)22-18-19-12-8-9-13-21(19)27(22)3/h8-9,12-13,18,20H,4-7,10-11,14-17H2,1-3H3,(H,26,31)(H,29,30)/t20-/m0/s1. The normalized spacial score (nSPS) is 12.0. The maximum atomic E-state index is 13.4. The van der Waals surface area contributed by atoms with E-state index in [-0.39, 0.29) is 24.7 Å². The number of aromatic nitrogens is 1. The fourth-order valence-electron chi connectivity index (χ4n) is 3.92. The van der Waals surface area contributed by atoms with Crippen LogP contribution in [0.2, 0.25) is 0 Å². The molecule has 7 heteroatoms. The molecule has 1 atom stereocenters. The third-order valence-electron chi connectivity index (χ3n) is 5.81. The molecule has 0 bridgehead atoms. The summed E-state index contributed by atoms with van der Waals surface area (Å²) in [6.45, 7) is 5.49. The van der Waals surface area contributed by atoms with Gasteiger partial charge >= 0.3 is 5.97 Å². The number of nitrogens with one attached hydrogen (secondary N) is 1. The molecule has 0 saturated heterocycles. The van der Waals surface area contributed by atoms with Crippen LogP contribution in [0.25, 0.3) is 10.9 Å². The lowest BCUT2D eigenvalue weighted by Gasteiger charge is -2.28. The van der Waals surface area contributed by atoms with E-state index in [1.54, 1.807) is 15.5 Å². The third kappa shape index (κ3) is 7.11.